The summed E-state index contributed by atoms with van der Waals surface area (Å²) in [6.07, 6.45) is 5.61. The molecule has 28 heavy (non-hydrogen) atoms. The Bertz CT molecular complexity index is 803. The van der Waals surface area contributed by atoms with Gasteiger partial charge in [0, 0.05) is 0 Å². The molecule has 144 valence electrons. The fraction of sp³-hybridized carbons (Fsp3) is 0.0952. The van der Waals surface area contributed by atoms with Crippen molar-refractivity contribution in [2.24, 2.45) is 0 Å². The molecular formula is C21H20NO5P. The second-order valence-corrected chi connectivity index (χ2v) is 7.51. The van der Waals surface area contributed by atoms with Gasteiger partial charge in [-0.2, -0.15) is 0 Å². The van der Waals surface area contributed by atoms with Gasteiger partial charge in [-0.1, -0.05) is 72.8 Å². The third-order valence-corrected chi connectivity index (χ3v) is 5.39. The predicted octanol–water partition coefficient (Wildman–Crippen LogP) is 2.90. The molecule has 2 rings (SSSR count). The van der Waals surface area contributed by atoms with E-state index in [0.717, 1.165) is 11.1 Å². The molecule has 0 aliphatic heterocycles. The number of aliphatic hydroxyl groups is 1. The van der Waals surface area contributed by atoms with E-state index in [1.807, 2.05) is 36.4 Å². The van der Waals surface area contributed by atoms with Gasteiger partial charge in [-0.25, -0.2) is 0 Å². The largest absolute Gasteiger partial charge is 0.480 e. The van der Waals surface area contributed by atoms with Crippen molar-refractivity contribution in [1.82, 2.24) is 5.09 Å². The first-order valence-corrected chi connectivity index (χ1v) is 9.79. The van der Waals surface area contributed by atoms with Crippen LogP contribution in [0.15, 0.2) is 72.8 Å². The highest BCUT2D eigenvalue weighted by Crippen LogP contribution is 2.35. The van der Waals surface area contributed by atoms with Crippen LogP contribution < -0.4 is 5.09 Å². The fourth-order valence-electron chi connectivity index (χ4n) is 2.18. The molecule has 0 aromatic heterocycles. The van der Waals surface area contributed by atoms with Gasteiger partial charge in [-0.05, 0) is 23.3 Å². The number of rotatable bonds is 10. The first-order chi connectivity index (χ1) is 13.5. The summed E-state index contributed by atoms with van der Waals surface area (Å²) in [5.74, 6) is -1.34. The van der Waals surface area contributed by atoms with E-state index in [4.69, 9.17) is 5.11 Å². The molecule has 0 radical (unpaired) electrons. The third kappa shape index (κ3) is 6.67. The molecule has 0 saturated heterocycles. The predicted molar refractivity (Wildman–Crippen MR) is 110 cm³/mol. The number of aliphatic hydroxyl groups excluding tert-OH is 1. The molecule has 2 aromatic carbocycles. The Morgan fingerprint density at radius 2 is 1.29 bits per heavy atom. The fourth-order valence-corrected chi connectivity index (χ4v) is 3.60. The average molecular weight is 397 g/mol. The molecule has 2 aromatic rings. The minimum Gasteiger partial charge on any atom is -0.480 e. The minimum atomic E-state index is -2.20. The molecule has 0 fully saturated rings. The highest BCUT2D eigenvalue weighted by atomic mass is 31.1. The Morgan fingerprint density at radius 3 is 1.64 bits per heavy atom. The van der Waals surface area contributed by atoms with Crippen molar-refractivity contribution in [2.75, 3.05) is 6.61 Å². The van der Waals surface area contributed by atoms with E-state index in [1.165, 1.54) is 12.2 Å². The number of carbonyl (C=O) groups is 3. The Kier molecular flexibility index (Phi) is 8.43. The van der Waals surface area contributed by atoms with Crippen LogP contribution in [0.5, 0.6) is 0 Å². The number of hydrogen-bond acceptors (Lipinski definition) is 5. The normalized spacial score (nSPS) is 13.5. The van der Waals surface area contributed by atoms with Gasteiger partial charge < -0.3 is 10.2 Å². The van der Waals surface area contributed by atoms with Crippen LogP contribution in [0.25, 0.3) is 12.2 Å². The quantitative estimate of drug-likeness (QED) is 0.421. The van der Waals surface area contributed by atoms with Crippen molar-refractivity contribution >= 4 is 37.2 Å². The lowest BCUT2D eigenvalue weighted by Crippen LogP contribution is -2.38. The Balaban J connectivity index is 2.21. The van der Waals surface area contributed by atoms with Crippen LogP contribution in [-0.2, 0) is 14.4 Å². The Hall–Kier alpha value is -2.92. The summed E-state index contributed by atoms with van der Waals surface area (Å²) in [4.78, 5) is 36.4. The summed E-state index contributed by atoms with van der Waals surface area (Å²) in [5, 5.41) is 20.9. The Labute approximate surface area is 164 Å². The summed E-state index contributed by atoms with van der Waals surface area (Å²) in [6, 6.07) is 16.7. The lowest BCUT2D eigenvalue weighted by molar-refractivity contribution is -0.139. The van der Waals surface area contributed by atoms with E-state index in [1.54, 1.807) is 36.4 Å². The van der Waals surface area contributed by atoms with E-state index in [0.29, 0.717) is 0 Å². The molecule has 0 amide bonds. The van der Waals surface area contributed by atoms with Gasteiger partial charge in [-0.15, -0.1) is 0 Å². The van der Waals surface area contributed by atoms with Crippen molar-refractivity contribution in [3.05, 3.63) is 83.9 Å². The van der Waals surface area contributed by atoms with Crippen LogP contribution in [0.1, 0.15) is 11.1 Å². The topological polar surface area (TPSA) is 104 Å². The first kappa shape index (κ1) is 21.4. The second-order valence-electron chi connectivity index (χ2n) is 5.70. The summed E-state index contributed by atoms with van der Waals surface area (Å²) in [5.41, 5.74) is 0.465. The number of carboxylic acids is 1. The maximum absolute atomic E-state index is 12.6. The van der Waals surface area contributed by atoms with Crippen molar-refractivity contribution in [3.63, 3.8) is 0 Å². The van der Waals surface area contributed by atoms with Gasteiger partial charge in [-0.3, -0.25) is 19.5 Å². The number of aliphatic carboxylic acids is 1. The number of allylic oxidation sites excluding steroid dienone is 2. The molecule has 0 aliphatic rings. The SMILES string of the molecule is O=C(O)C(CO)NP(C(=O)C=Cc1ccccc1)C(=O)C=Cc1ccccc1. The van der Waals surface area contributed by atoms with Crippen LogP contribution in [-0.4, -0.2) is 39.9 Å². The van der Waals surface area contributed by atoms with Gasteiger partial charge in [0.2, 0.25) is 0 Å². The molecule has 1 unspecified atom stereocenters. The zero-order valence-electron chi connectivity index (χ0n) is 14.9. The highest BCUT2D eigenvalue weighted by Gasteiger charge is 2.29. The number of carboxylic acid groups (broad SMARTS) is 1. The van der Waals surface area contributed by atoms with Crippen molar-refractivity contribution in [1.29, 1.82) is 0 Å². The number of carbonyl (C=O) groups excluding carboxylic acids is 2. The van der Waals surface area contributed by atoms with Crippen molar-refractivity contribution in [2.45, 2.75) is 6.04 Å². The van der Waals surface area contributed by atoms with Crippen LogP contribution in [0.3, 0.4) is 0 Å². The zero-order valence-corrected chi connectivity index (χ0v) is 15.8. The van der Waals surface area contributed by atoms with E-state index in [-0.39, 0.29) is 0 Å². The molecule has 6 nitrogen and oxygen atoms in total. The van der Waals surface area contributed by atoms with Crippen molar-refractivity contribution < 1.29 is 24.6 Å². The third-order valence-electron chi connectivity index (χ3n) is 3.64. The molecular weight excluding hydrogens is 377 g/mol. The summed E-state index contributed by atoms with van der Waals surface area (Å²) in [7, 11) is -2.20. The zero-order chi connectivity index (χ0) is 20.4. The van der Waals surface area contributed by atoms with Gasteiger partial charge in [0.15, 0.2) is 11.0 Å². The molecule has 0 saturated carbocycles. The van der Waals surface area contributed by atoms with E-state index in [9.17, 15) is 19.5 Å². The summed E-state index contributed by atoms with van der Waals surface area (Å²) in [6.45, 7) is -0.737. The maximum atomic E-state index is 12.6. The molecule has 7 heteroatoms. The van der Waals surface area contributed by atoms with Crippen LogP contribution in [0.2, 0.25) is 0 Å². The lowest BCUT2D eigenvalue weighted by Gasteiger charge is -2.17. The second kappa shape index (κ2) is 11.0. The number of nitrogens with one attached hydrogen (secondary N) is 1. The highest BCUT2D eigenvalue weighted by molar-refractivity contribution is 7.88. The van der Waals surface area contributed by atoms with Gasteiger partial charge >= 0.3 is 5.97 Å². The molecule has 0 spiro atoms. The summed E-state index contributed by atoms with van der Waals surface area (Å²) < 4.78 is 0. The van der Waals surface area contributed by atoms with Gasteiger partial charge in [0.25, 0.3) is 0 Å². The molecule has 3 N–H and O–H groups in total. The van der Waals surface area contributed by atoms with Gasteiger partial charge in [0.1, 0.15) is 14.1 Å². The lowest BCUT2D eigenvalue weighted by atomic mass is 10.2. The van der Waals surface area contributed by atoms with Crippen molar-refractivity contribution in [3.8, 4) is 0 Å². The molecule has 0 heterocycles. The number of hydrogen-bond donors (Lipinski definition) is 3. The standard InChI is InChI=1S/C21H20NO5P/c23-15-18(21(26)27)22-28(19(24)13-11-16-7-3-1-4-8-16)20(25)14-12-17-9-5-2-6-10-17/h1-14,18,22-23H,15H2,(H,26,27). The van der Waals surface area contributed by atoms with E-state index >= 15 is 0 Å². The van der Waals surface area contributed by atoms with E-state index < -0.39 is 37.7 Å². The minimum absolute atomic E-state index is 0.540. The monoisotopic (exact) mass is 397 g/mol. The average Bonchev–Trinajstić information content (AvgIpc) is 2.72. The number of benzene rings is 2. The maximum Gasteiger partial charge on any atom is 0.323 e. The van der Waals surface area contributed by atoms with Crippen LogP contribution in [0, 0.1) is 0 Å². The summed E-state index contributed by atoms with van der Waals surface area (Å²) >= 11 is 0. The van der Waals surface area contributed by atoms with E-state index in [2.05, 4.69) is 5.09 Å². The molecule has 0 aliphatic carbocycles. The molecule has 0 bridgehead atoms. The van der Waals surface area contributed by atoms with Crippen LogP contribution >= 0.6 is 8.07 Å². The Morgan fingerprint density at radius 1 is 0.857 bits per heavy atom. The van der Waals surface area contributed by atoms with Gasteiger partial charge in [0.05, 0.1) is 6.61 Å². The first-order valence-electron chi connectivity index (χ1n) is 8.45. The smallest absolute Gasteiger partial charge is 0.323 e. The molecule has 1 atom stereocenters. The van der Waals surface area contributed by atoms with Crippen LogP contribution in [0.4, 0.5) is 0 Å².